The zero-order valence-electron chi connectivity index (χ0n) is 25.1. The minimum absolute atomic E-state index is 0.0544. The predicted octanol–water partition coefficient (Wildman–Crippen LogP) is 6.56. The SMILES string of the molecule is C=CC[C@H]1C(=O)N(C(=O)OC(C)(C)C)[C@@H](CO[Si](c2ccccc2)(c2ccccc2)C(C)(C)C)[C@@H]1CC(C)C. The number of amides is 2. The number of rotatable bonds is 9. The molecule has 1 heterocycles. The summed E-state index contributed by atoms with van der Waals surface area (Å²) < 4.78 is 13.0. The second-order valence-electron chi connectivity index (χ2n) is 13.2. The molecule has 0 bridgehead atoms. The molecular weight excluding hydrogens is 502 g/mol. The van der Waals surface area contributed by atoms with Crippen molar-refractivity contribution in [2.75, 3.05) is 6.61 Å². The summed E-state index contributed by atoms with van der Waals surface area (Å²) in [5.41, 5.74) is -0.717. The summed E-state index contributed by atoms with van der Waals surface area (Å²) in [6.07, 6.45) is 2.52. The molecule has 0 radical (unpaired) electrons. The van der Waals surface area contributed by atoms with Gasteiger partial charge in [0.25, 0.3) is 8.32 Å². The van der Waals surface area contributed by atoms with Gasteiger partial charge in [-0.15, -0.1) is 6.58 Å². The molecular formula is C33H47NO4Si. The maximum atomic E-state index is 13.8. The Kier molecular flexibility index (Phi) is 9.66. The summed E-state index contributed by atoms with van der Waals surface area (Å²) in [5.74, 6) is -0.221. The number of carbonyl (C=O) groups is 2. The van der Waals surface area contributed by atoms with E-state index < -0.39 is 26.1 Å². The van der Waals surface area contributed by atoms with Crippen molar-refractivity contribution in [1.29, 1.82) is 0 Å². The van der Waals surface area contributed by atoms with Crippen LogP contribution in [0.15, 0.2) is 73.3 Å². The Labute approximate surface area is 236 Å². The molecule has 212 valence electrons. The highest BCUT2D eigenvalue weighted by Crippen LogP contribution is 2.41. The van der Waals surface area contributed by atoms with Crippen LogP contribution in [0.25, 0.3) is 0 Å². The summed E-state index contributed by atoms with van der Waals surface area (Å²) in [4.78, 5) is 28.7. The fraction of sp³-hybridized carbons (Fsp3) is 0.515. The number of carbonyl (C=O) groups excluding carboxylic acids is 2. The van der Waals surface area contributed by atoms with Gasteiger partial charge in [-0.1, -0.05) is 101 Å². The Morgan fingerprint density at radius 2 is 1.49 bits per heavy atom. The second kappa shape index (κ2) is 12.2. The highest BCUT2D eigenvalue weighted by Gasteiger charge is 2.55. The van der Waals surface area contributed by atoms with E-state index in [2.05, 4.69) is 89.7 Å². The first-order chi connectivity index (χ1) is 18.2. The molecule has 1 fully saturated rings. The minimum Gasteiger partial charge on any atom is -0.443 e. The van der Waals surface area contributed by atoms with Crippen LogP contribution in [-0.2, 0) is 14.0 Å². The summed E-state index contributed by atoms with van der Waals surface area (Å²) in [5, 5.41) is 2.11. The molecule has 0 spiro atoms. The average Bonchev–Trinajstić information content (AvgIpc) is 3.09. The van der Waals surface area contributed by atoms with Crippen molar-refractivity contribution in [1.82, 2.24) is 4.90 Å². The van der Waals surface area contributed by atoms with Gasteiger partial charge in [0.15, 0.2) is 0 Å². The molecule has 3 rings (SSSR count). The van der Waals surface area contributed by atoms with Crippen LogP contribution in [0.1, 0.15) is 68.2 Å². The van der Waals surface area contributed by atoms with Gasteiger partial charge in [0.2, 0.25) is 5.91 Å². The monoisotopic (exact) mass is 549 g/mol. The molecule has 6 heteroatoms. The van der Waals surface area contributed by atoms with Crippen LogP contribution in [0.4, 0.5) is 4.79 Å². The molecule has 1 aliphatic heterocycles. The number of imide groups is 1. The molecule has 5 nitrogen and oxygen atoms in total. The van der Waals surface area contributed by atoms with E-state index in [-0.39, 0.29) is 29.4 Å². The molecule has 0 aromatic heterocycles. The summed E-state index contributed by atoms with van der Waals surface area (Å²) >= 11 is 0. The summed E-state index contributed by atoms with van der Waals surface area (Å²) in [7, 11) is -2.87. The van der Waals surface area contributed by atoms with Crippen molar-refractivity contribution in [2.45, 2.75) is 84.9 Å². The van der Waals surface area contributed by atoms with Crippen molar-refractivity contribution < 1.29 is 18.8 Å². The lowest BCUT2D eigenvalue weighted by molar-refractivity contribution is -0.131. The Morgan fingerprint density at radius 1 is 0.974 bits per heavy atom. The van der Waals surface area contributed by atoms with E-state index in [4.69, 9.17) is 9.16 Å². The first-order valence-electron chi connectivity index (χ1n) is 14.1. The van der Waals surface area contributed by atoms with Crippen LogP contribution in [0.5, 0.6) is 0 Å². The topological polar surface area (TPSA) is 55.8 Å². The molecule has 1 aliphatic rings. The average molecular weight is 550 g/mol. The van der Waals surface area contributed by atoms with E-state index in [9.17, 15) is 9.59 Å². The third-order valence-corrected chi connectivity index (χ3v) is 12.5. The van der Waals surface area contributed by atoms with E-state index in [1.807, 2.05) is 32.9 Å². The van der Waals surface area contributed by atoms with Gasteiger partial charge in [0.1, 0.15) is 5.60 Å². The maximum absolute atomic E-state index is 13.8. The zero-order chi connectivity index (χ0) is 29.0. The van der Waals surface area contributed by atoms with Crippen LogP contribution < -0.4 is 10.4 Å². The minimum atomic E-state index is -2.87. The molecule has 39 heavy (non-hydrogen) atoms. The molecule has 2 amide bonds. The lowest BCUT2D eigenvalue weighted by atomic mass is 9.82. The summed E-state index contributed by atoms with van der Waals surface area (Å²) in [6.45, 7) is 20.7. The first-order valence-corrected chi connectivity index (χ1v) is 16.1. The number of hydrogen-bond donors (Lipinski definition) is 0. The van der Waals surface area contributed by atoms with E-state index in [1.54, 1.807) is 6.08 Å². The molecule has 0 N–H and O–H groups in total. The lowest BCUT2D eigenvalue weighted by Gasteiger charge is -2.44. The third-order valence-electron chi connectivity index (χ3n) is 7.54. The number of hydrogen-bond acceptors (Lipinski definition) is 4. The Balaban J connectivity index is 2.14. The molecule has 1 saturated heterocycles. The molecule has 2 aromatic rings. The highest BCUT2D eigenvalue weighted by atomic mass is 28.4. The quantitative estimate of drug-likeness (QED) is 0.262. The summed E-state index contributed by atoms with van der Waals surface area (Å²) in [6, 6.07) is 20.5. The van der Waals surface area contributed by atoms with Crippen LogP contribution in [0.2, 0.25) is 5.04 Å². The van der Waals surface area contributed by atoms with Gasteiger partial charge in [0, 0.05) is 5.92 Å². The van der Waals surface area contributed by atoms with Crippen molar-refractivity contribution in [2.24, 2.45) is 17.8 Å². The van der Waals surface area contributed by atoms with E-state index in [0.29, 0.717) is 12.3 Å². The normalized spacial score (nSPS) is 20.4. The van der Waals surface area contributed by atoms with Crippen LogP contribution in [0, 0.1) is 17.8 Å². The maximum Gasteiger partial charge on any atom is 0.417 e. The van der Waals surface area contributed by atoms with Crippen molar-refractivity contribution >= 4 is 30.7 Å². The van der Waals surface area contributed by atoms with Crippen LogP contribution in [-0.4, -0.2) is 43.5 Å². The standard InChI is InChI=1S/C33H47NO4Si/c1-10-17-27-28(22-24(2)3)29(34(30(27)35)31(36)38-32(4,5)6)23-37-39(33(7,8)9,25-18-13-11-14-19-25)26-20-15-12-16-21-26/h10-16,18-21,24,27-29H,1,17,22-23H2,2-9H3/t27-,28-,29+/m1/s1. The van der Waals surface area contributed by atoms with Crippen molar-refractivity contribution in [3.63, 3.8) is 0 Å². The number of allylic oxidation sites excluding steroid dienone is 1. The largest absolute Gasteiger partial charge is 0.443 e. The smallest absolute Gasteiger partial charge is 0.417 e. The lowest BCUT2D eigenvalue weighted by Crippen LogP contribution is -2.67. The van der Waals surface area contributed by atoms with Gasteiger partial charge in [-0.3, -0.25) is 4.79 Å². The fourth-order valence-corrected chi connectivity index (χ4v) is 10.6. The van der Waals surface area contributed by atoms with Crippen LogP contribution >= 0.6 is 0 Å². The Hall–Kier alpha value is -2.70. The van der Waals surface area contributed by atoms with Gasteiger partial charge in [-0.25, -0.2) is 9.69 Å². The van der Waals surface area contributed by atoms with Gasteiger partial charge in [0.05, 0.1) is 12.6 Å². The third kappa shape index (κ3) is 6.72. The molecule has 0 aliphatic carbocycles. The van der Waals surface area contributed by atoms with E-state index in [0.717, 1.165) is 6.42 Å². The van der Waals surface area contributed by atoms with Gasteiger partial charge < -0.3 is 9.16 Å². The van der Waals surface area contributed by atoms with Crippen molar-refractivity contribution in [3.8, 4) is 0 Å². The highest BCUT2D eigenvalue weighted by molar-refractivity contribution is 6.99. The molecule has 0 saturated carbocycles. The zero-order valence-corrected chi connectivity index (χ0v) is 26.1. The number of nitrogens with zero attached hydrogens (tertiary/aromatic N) is 1. The number of likely N-dealkylation sites (tertiary alicyclic amines) is 1. The van der Waals surface area contributed by atoms with Gasteiger partial charge in [-0.2, -0.15) is 0 Å². The number of ether oxygens (including phenoxy) is 1. The van der Waals surface area contributed by atoms with Crippen LogP contribution in [0.3, 0.4) is 0 Å². The molecule has 3 atom stereocenters. The molecule has 0 unspecified atom stereocenters. The number of benzene rings is 2. The van der Waals surface area contributed by atoms with Crippen molar-refractivity contribution in [3.05, 3.63) is 73.3 Å². The van der Waals surface area contributed by atoms with E-state index >= 15 is 0 Å². The molecule has 2 aromatic carbocycles. The second-order valence-corrected chi connectivity index (χ2v) is 17.5. The van der Waals surface area contributed by atoms with Gasteiger partial charge >= 0.3 is 6.09 Å². The predicted molar refractivity (Wildman–Crippen MR) is 162 cm³/mol. The van der Waals surface area contributed by atoms with Gasteiger partial charge in [-0.05, 0) is 60.9 Å². The fourth-order valence-electron chi connectivity index (χ4n) is 6.01. The Bertz CT molecular complexity index is 1080. The first kappa shape index (κ1) is 30.8. The Morgan fingerprint density at radius 3 is 1.90 bits per heavy atom. The van der Waals surface area contributed by atoms with E-state index in [1.165, 1.54) is 15.3 Å².